The molecule has 8 rings (SSSR count). The normalized spacial score (nSPS) is 15.5. The van der Waals surface area contributed by atoms with Crippen LogP contribution in [-0.4, -0.2) is 66.1 Å². The molecule has 1 aliphatic heterocycles. The molecule has 0 atom stereocenters. The summed E-state index contributed by atoms with van der Waals surface area (Å²) in [4.78, 5) is 0. The molecule has 0 radical (unpaired) electrons. The Morgan fingerprint density at radius 1 is 0.300 bits per heavy atom. The largest absolute Gasteiger partial charge is 0.491 e. The smallest absolute Gasteiger partial charge is 0.126 e. The molecule has 0 saturated carbocycles. The zero-order chi connectivity index (χ0) is 40.6. The van der Waals surface area contributed by atoms with E-state index in [0.29, 0.717) is 105 Å². The predicted molar refractivity (Wildman–Crippen MR) is 233 cm³/mol. The van der Waals surface area contributed by atoms with E-state index in [0.717, 1.165) is 78.6 Å². The van der Waals surface area contributed by atoms with Crippen molar-refractivity contribution in [2.75, 3.05) is 66.1 Å². The first-order chi connectivity index (χ1) is 29.8. The highest BCUT2D eigenvalue weighted by atomic mass is 16.6. The average molecular weight is 807 g/mol. The second-order valence-corrected chi connectivity index (χ2v) is 15.0. The maximum Gasteiger partial charge on any atom is 0.126 e. The summed E-state index contributed by atoms with van der Waals surface area (Å²) < 4.78 is 50.6. The number of ether oxygens (including phenoxy) is 8. The molecular weight excluding hydrogens is 753 g/mol. The molecule has 8 nitrogen and oxygen atoms in total. The van der Waals surface area contributed by atoms with Gasteiger partial charge >= 0.3 is 0 Å². The Morgan fingerprint density at radius 3 is 0.900 bits per heavy atom. The summed E-state index contributed by atoms with van der Waals surface area (Å²) in [6, 6.07) is 46.6. The van der Waals surface area contributed by atoms with Crippen LogP contribution in [-0.2, 0) is 57.8 Å². The van der Waals surface area contributed by atoms with Gasteiger partial charge in [-0.25, -0.2) is 0 Å². The minimum Gasteiger partial charge on any atom is -0.491 e. The molecule has 0 spiro atoms. The molecule has 0 aromatic heterocycles. The molecule has 1 aliphatic carbocycles. The van der Waals surface area contributed by atoms with Crippen LogP contribution in [0.4, 0.5) is 0 Å². The van der Waals surface area contributed by atoms with E-state index in [1.807, 2.05) is 12.1 Å². The number of para-hydroxylation sites is 4. The van der Waals surface area contributed by atoms with Crippen LogP contribution in [0.15, 0.2) is 133 Å². The average Bonchev–Trinajstić information content (AvgIpc) is 3.27. The lowest BCUT2D eigenvalue weighted by atomic mass is 9.91. The minimum absolute atomic E-state index is 0.388. The Labute approximate surface area is 353 Å². The van der Waals surface area contributed by atoms with Crippen molar-refractivity contribution in [3.05, 3.63) is 189 Å². The third kappa shape index (κ3) is 11.1. The molecule has 60 heavy (non-hydrogen) atoms. The van der Waals surface area contributed by atoms with Crippen molar-refractivity contribution in [1.29, 1.82) is 0 Å². The SMILES string of the molecule is c1ccc(COc2c3cccc2Cc2cccc4c2OCCOCCOCCOCCOCCOc2c(cccc2Cc2cccc(c2OCc2ccccc2)C4)C3)cc1. The van der Waals surface area contributed by atoms with Crippen molar-refractivity contribution in [3.8, 4) is 23.0 Å². The van der Waals surface area contributed by atoms with E-state index >= 15 is 0 Å². The molecule has 10 bridgehead atoms. The summed E-state index contributed by atoms with van der Waals surface area (Å²) in [6.07, 6.45) is 2.43. The molecule has 2 aliphatic rings. The van der Waals surface area contributed by atoms with Gasteiger partial charge in [0.2, 0.25) is 0 Å². The van der Waals surface area contributed by atoms with Crippen LogP contribution in [0.2, 0.25) is 0 Å². The molecule has 1 heterocycles. The van der Waals surface area contributed by atoms with Crippen molar-refractivity contribution in [2.45, 2.75) is 38.9 Å². The summed E-state index contributed by atoms with van der Waals surface area (Å²) in [5, 5.41) is 0. The fraction of sp³-hybridized carbons (Fsp3) is 0.308. The molecule has 6 aromatic rings. The lowest BCUT2D eigenvalue weighted by Crippen LogP contribution is -2.15. The molecule has 8 heteroatoms. The van der Waals surface area contributed by atoms with Crippen molar-refractivity contribution >= 4 is 0 Å². The van der Waals surface area contributed by atoms with Gasteiger partial charge in [0.25, 0.3) is 0 Å². The van der Waals surface area contributed by atoms with Crippen molar-refractivity contribution < 1.29 is 37.9 Å². The Balaban J connectivity index is 1.25. The lowest BCUT2D eigenvalue weighted by Gasteiger charge is -2.23. The summed E-state index contributed by atoms with van der Waals surface area (Å²) in [7, 11) is 0. The molecule has 0 saturated heterocycles. The van der Waals surface area contributed by atoms with Crippen molar-refractivity contribution in [2.24, 2.45) is 0 Å². The van der Waals surface area contributed by atoms with E-state index in [2.05, 4.69) is 121 Å². The molecule has 310 valence electrons. The van der Waals surface area contributed by atoms with Gasteiger partial charge in [-0.1, -0.05) is 133 Å². The molecule has 0 unspecified atom stereocenters. The Morgan fingerprint density at radius 2 is 0.583 bits per heavy atom. The zero-order valence-corrected chi connectivity index (χ0v) is 34.3. The van der Waals surface area contributed by atoms with Crippen LogP contribution in [0.25, 0.3) is 0 Å². The Hall–Kier alpha value is -5.64. The van der Waals surface area contributed by atoms with Gasteiger partial charge in [-0.05, 0) is 55.6 Å². The van der Waals surface area contributed by atoms with E-state index in [9.17, 15) is 0 Å². The highest BCUT2D eigenvalue weighted by Crippen LogP contribution is 2.39. The Bertz CT molecular complexity index is 2010. The molecule has 0 N–H and O–H groups in total. The third-order valence-corrected chi connectivity index (χ3v) is 10.8. The van der Waals surface area contributed by atoms with Crippen molar-refractivity contribution in [1.82, 2.24) is 0 Å². The van der Waals surface area contributed by atoms with Gasteiger partial charge in [-0.15, -0.1) is 0 Å². The van der Waals surface area contributed by atoms with Gasteiger partial charge in [0.15, 0.2) is 0 Å². The van der Waals surface area contributed by atoms with E-state index in [4.69, 9.17) is 37.9 Å². The molecule has 0 fully saturated rings. The van der Waals surface area contributed by atoms with E-state index in [-0.39, 0.29) is 0 Å². The second kappa shape index (κ2) is 21.6. The van der Waals surface area contributed by atoms with Crippen LogP contribution in [0, 0.1) is 0 Å². The second-order valence-electron chi connectivity index (χ2n) is 15.0. The van der Waals surface area contributed by atoms with Crippen LogP contribution >= 0.6 is 0 Å². The summed E-state index contributed by atoms with van der Waals surface area (Å²) in [5.41, 5.74) is 10.8. The van der Waals surface area contributed by atoms with Crippen molar-refractivity contribution in [3.63, 3.8) is 0 Å². The fourth-order valence-corrected chi connectivity index (χ4v) is 7.85. The van der Waals surface area contributed by atoms with Gasteiger partial charge in [0.05, 0.1) is 52.9 Å². The first-order valence-electron chi connectivity index (χ1n) is 21.1. The monoisotopic (exact) mass is 806 g/mol. The van der Waals surface area contributed by atoms with E-state index in [1.54, 1.807) is 0 Å². The third-order valence-electron chi connectivity index (χ3n) is 10.8. The van der Waals surface area contributed by atoms with Crippen LogP contribution in [0.1, 0.15) is 55.6 Å². The fourth-order valence-electron chi connectivity index (χ4n) is 7.85. The molecule has 6 aromatic carbocycles. The first-order valence-corrected chi connectivity index (χ1v) is 21.1. The maximum atomic E-state index is 6.85. The van der Waals surface area contributed by atoms with Gasteiger partial charge in [0.1, 0.15) is 49.4 Å². The number of hydrogen-bond acceptors (Lipinski definition) is 8. The van der Waals surface area contributed by atoms with Gasteiger partial charge < -0.3 is 37.9 Å². The number of benzene rings is 6. The predicted octanol–water partition coefficient (Wildman–Crippen LogP) is 9.36. The highest BCUT2D eigenvalue weighted by Gasteiger charge is 2.22. The number of rotatable bonds is 6. The summed E-state index contributed by atoms with van der Waals surface area (Å²) in [5.74, 6) is 3.46. The highest BCUT2D eigenvalue weighted by molar-refractivity contribution is 5.56. The maximum absolute atomic E-state index is 6.85. The van der Waals surface area contributed by atoms with E-state index in [1.165, 1.54) is 0 Å². The van der Waals surface area contributed by atoms with Crippen LogP contribution < -0.4 is 18.9 Å². The zero-order valence-electron chi connectivity index (χ0n) is 34.3. The molecular formula is C52H54O8. The summed E-state index contributed by atoms with van der Waals surface area (Å²) in [6.45, 7) is 5.40. The number of hydrogen-bond donors (Lipinski definition) is 0. The standard InChI is InChI=1S/C52H54O8/c1-3-11-39(12-4-1)37-59-51-45-19-9-20-46(51)34-42-16-8-18-44-36-48-22-10-21-47(52(48)60-38-40-13-5-2-6-14-40)35-43-17-7-15-41(33-45)49(43)57-31-29-55-27-25-53-23-24-54-26-28-56-30-32-58-50(42)44/h1-22H,23-38H2. The van der Waals surface area contributed by atoms with Gasteiger partial charge in [-0.2, -0.15) is 0 Å². The summed E-state index contributed by atoms with van der Waals surface area (Å²) >= 11 is 0. The quantitative estimate of drug-likeness (QED) is 0.165. The Kier molecular flexibility index (Phi) is 14.8. The first kappa shape index (κ1) is 41.1. The van der Waals surface area contributed by atoms with Crippen LogP contribution in [0.3, 0.4) is 0 Å². The lowest BCUT2D eigenvalue weighted by molar-refractivity contribution is -0.00706. The van der Waals surface area contributed by atoms with Crippen LogP contribution in [0.5, 0.6) is 23.0 Å². The van der Waals surface area contributed by atoms with Gasteiger partial charge in [0, 0.05) is 25.7 Å². The van der Waals surface area contributed by atoms with Gasteiger partial charge in [-0.3, -0.25) is 0 Å². The minimum atomic E-state index is 0.388. The number of fused-ring (bicyclic) bond motifs is 2. The molecule has 0 amide bonds. The van der Waals surface area contributed by atoms with E-state index < -0.39 is 0 Å². The topological polar surface area (TPSA) is 73.8 Å².